The number of hydrogen-bond acceptors (Lipinski definition) is 4. The number of amidine groups is 1. The van der Waals surface area contributed by atoms with Crippen molar-refractivity contribution in [2.24, 2.45) is 10.3 Å². The minimum atomic E-state index is -3.86. The van der Waals surface area contributed by atoms with Crippen LogP contribution in [0.25, 0.3) is 0 Å². The van der Waals surface area contributed by atoms with Crippen molar-refractivity contribution in [3.8, 4) is 0 Å². The molecule has 1 aromatic carbocycles. The number of hydrogen-bond donors (Lipinski definition) is 1. The van der Waals surface area contributed by atoms with E-state index < -0.39 is 10.0 Å². The van der Waals surface area contributed by atoms with Crippen LogP contribution in [-0.4, -0.2) is 48.4 Å². The standard InChI is InChI=1S/C25H37N5O3S/c1-18(2)17-30-20(4)23(19(3)27-30)13-14-25(31)26-21-10-9-11-22(16-21)34(32,33)28-24-12-7-6-8-15-29(24)5/h9-11,16,18H,6-8,12-15,17H2,1-5H3,(H,26,31)/b28-24-. The molecule has 0 bridgehead atoms. The van der Waals surface area contributed by atoms with Crippen molar-refractivity contribution in [1.29, 1.82) is 0 Å². The van der Waals surface area contributed by atoms with Crippen LogP contribution >= 0.6 is 0 Å². The second-order valence-corrected chi connectivity index (χ2v) is 11.1. The number of rotatable bonds is 8. The Morgan fingerprint density at radius 3 is 2.71 bits per heavy atom. The first kappa shape index (κ1) is 25.9. The van der Waals surface area contributed by atoms with Crippen molar-refractivity contribution in [3.05, 3.63) is 41.2 Å². The van der Waals surface area contributed by atoms with Gasteiger partial charge in [-0.25, -0.2) is 0 Å². The molecule has 1 fully saturated rings. The summed E-state index contributed by atoms with van der Waals surface area (Å²) in [4.78, 5) is 14.6. The van der Waals surface area contributed by atoms with Gasteiger partial charge in [0, 0.05) is 44.4 Å². The molecule has 0 spiro atoms. The highest BCUT2D eigenvalue weighted by Crippen LogP contribution is 2.21. The van der Waals surface area contributed by atoms with Crippen molar-refractivity contribution in [2.75, 3.05) is 18.9 Å². The lowest BCUT2D eigenvalue weighted by Crippen LogP contribution is -2.26. The normalized spacial score (nSPS) is 16.2. The third kappa shape index (κ3) is 6.68. The van der Waals surface area contributed by atoms with Gasteiger partial charge in [-0.15, -0.1) is 4.40 Å². The Labute approximate surface area is 203 Å². The van der Waals surface area contributed by atoms with Crippen molar-refractivity contribution >= 4 is 27.5 Å². The second-order valence-electron chi connectivity index (χ2n) is 9.52. The van der Waals surface area contributed by atoms with Gasteiger partial charge in [0.05, 0.1) is 10.6 Å². The summed E-state index contributed by atoms with van der Waals surface area (Å²) < 4.78 is 32.0. The summed E-state index contributed by atoms with van der Waals surface area (Å²) in [5, 5.41) is 7.45. The van der Waals surface area contributed by atoms with Crippen LogP contribution in [0.4, 0.5) is 5.69 Å². The SMILES string of the molecule is Cc1nn(CC(C)C)c(C)c1CCC(=O)Nc1cccc(S(=O)(=O)/N=C2/CCCCCN2C)c1. The molecule has 1 aromatic heterocycles. The van der Waals surface area contributed by atoms with E-state index in [2.05, 4.69) is 28.7 Å². The summed E-state index contributed by atoms with van der Waals surface area (Å²) in [6.07, 6.45) is 4.57. The lowest BCUT2D eigenvalue weighted by Gasteiger charge is -2.17. The smallest absolute Gasteiger partial charge is 0.284 e. The van der Waals surface area contributed by atoms with Gasteiger partial charge in [-0.3, -0.25) is 9.48 Å². The van der Waals surface area contributed by atoms with Crippen LogP contribution in [0.2, 0.25) is 0 Å². The minimum absolute atomic E-state index is 0.0806. The quantitative estimate of drug-likeness (QED) is 0.598. The molecule has 3 rings (SSSR count). The second kappa shape index (κ2) is 11.2. The number of likely N-dealkylation sites (tertiary alicyclic amines) is 1. The maximum atomic E-state index is 12.9. The monoisotopic (exact) mass is 487 g/mol. The molecule has 0 unspecified atom stereocenters. The molecule has 186 valence electrons. The molecular weight excluding hydrogens is 450 g/mol. The van der Waals surface area contributed by atoms with Gasteiger partial charge in [0.15, 0.2) is 0 Å². The van der Waals surface area contributed by atoms with Crippen LogP contribution in [0.3, 0.4) is 0 Å². The Kier molecular flexibility index (Phi) is 8.52. The summed E-state index contributed by atoms with van der Waals surface area (Å²) in [7, 11) is -1.98. The third-order valence-electron chi connectivity index (χ3n) is 6.15. The molecule has 9 heteroatoms. The third-order valence-corrected chi connectivity index (χ3v) is 7.45. The fourth-order valence-corrected chi connectivity index (χ4v) is 5.39. The van der Waals surface area contributed by atoms with E-state index in [1.54, 1.807) is 12.1 Å². The van der Waals surface area contributed by atoms with Gasteiger partial charge in [-0.2, -0.15) is 13.5 Å². The highest BCUT2D eigenvalue weighted by molar-refractivity contribution is 7.90. The molecule has 0 aliphatic carbocycles. The summed E-state index contributed by atoms with van der Waals surface area (Å²) >= 11 is 0. The number of carbonyl (C=O) groups excluding carboxylic acids is 1. The Hall–Kier alpha value is -2.68. The van der Waals surface area contributed by atoms with Gasteiger partial charge in [-0.05, 0) is 62.8 Å². The van der Waals surface area contributed by atoms with Crippen LogP contribution in [0, 0.1) is 19.8 Å². The average molecular weight is 488 g/mol. The molecule has 0 saturated carbocycles. The van der Waals surface area contributed by atoms with E-state index in [4.69, 9.17) is 0 Å². The minimum Gasteiger partial charge on any atom is -0.362 e. The first-order valence-corrected chi connectivity index (χ1v) is 13.5. The molecule has 2 aromatic rings. The number of anilines is 1. The summed E-state index contributed by atoms with van der Waals surface area (Å²) in [5.41, 5.74) is 3.58. The number of benzene rings is 1. The van der Waals surface area contributed by atoms with Crippen LogP contribution in [-0.2, 0) is 27.8 Å². The van der Waals surface area contributed by atoms with Crippen molar-refractivity contribution in [3.63, 3.8) is 0 Å². The van der Waals surface area contributed by atoms with Gasteiger partial charge >= 0.3 is 0 Å². The first-order valence-electron chi connectivity index (χ1n) is 12.0. The van der Waals surface area contributed by atoms with Crippen LogP contribution < -0.4 is 5.32 Å². The highest BCUT2D eigenvalue weighted by Gasteiger charge is 2.19. The Balaban J connectivity index is 1.67. The van der Waals surface area contributed by atoms with Crippen molar-refractivity contribution < 1.29 is 13.2 Å². The van der Waals surface area contributed by atoms with Gasteiger partial charge in [0.1, 0.15) is 5.84 Å². The molecule has 1 amide bonds. The van der Waals surface area contributed by atoms with E-state index in [-0.39, 0.29) is 10.8 Å². The molecule has 1 aliphatic rings. The van der Waals surface area contributed by atoms with Gasteiger partial charge in [0.2, 0.25) is 5.91 Å². The molecule has 1 saturated heterocycles. The van der Waals surface area contributed by atoms with E-state index in [1.165, 1.54) is 12.1 Å². The predicted octanol–water partition coefficient (Wildman–Crippen LogP) is 4.32. The molecule has 34 heavy (non-hydrogen) atoms. The average Bonchev–Trinajstić information content (AvgIpc) is 2.89. The molecule has 1 aliphatic heterocycles. The first-order chi connectivity index (χ1) is 16.1. The maximum Gasteiger partial charge on any atom is 0.284 e. The van der Waals surface area contributed by atoms with Gasteiger partial charge in [-0.1, -0.05) is 26.3 Å². The maximum absolute atomic E-state index is 12.9. The van der Waals surface area contributed by atoms with Gasteiger partial charge < -0.3 is 10.2 Å². The largest absolute Gasteiger partial charge is 0.362 e. The van der Waals surface area contributed by atoms with E-state index in [0.29, 0.717) is 36.7 Å². The van der Waals surface area contributed by atoms with E-state index in [1.807, 2.05) is 30.5 Å². The zero-order chi connectivity index (χ0) is 24.9. The zero-order valence-electron chi connectivity index (χ0n) is 21.0. The van der Waals surface area contributed by atoms with Crippen molar-refractivity contribution in [1.82, 2.24) is 14.7 Å². The summed E-state index contributed by atoms with van der Waals surface area (Å²) in [6, 6.07) is 6.31. The lowest BCUT2D eigenvalue weighted by atomic mass is 10.1. The topological polar surface area (TPSA) is 96.7 Å². The van der Waals surface area contributed by atoms with Crippen LogP contribution in [0.1, 0.15) is 62.9 Å². The number of aromatic nitrogens is 2. The van der Waals surface area contributed by atoms with E-state index in [9.17, 15) is 13.2 Å². The molecule has 2 heterocycles. The molecule has 0 atom stereocenters. The highest BCUT2D eigenvalue weighted by atomic mass is 32.2. The Morgan fingerprint density at radius 1 is 1.21 bits per heavy atom. The van der Waals surface area contributed by atoms with Crippen LogP contribution in [0.5, 0.6) is 0 Å². The Bertz CT molecular complexity index is 1150. The Morgan fingerprint density at radius 2 is 1.97 bits per heavy atom. The number of carbonyl (C=O) groups is 1. The van der Waals surface area contributed by atoms with Crippen molar-refractivity contribution in [2.45, 2.75) is 77.7 Å². The number of sulfonamides is 1. The fraction of sp³-hybridized carbons (Fsp3) is 0.560. The number of aryl methyl sites for hydroxylation is 1. The molecule has 1 N–H and O–H groups in total. The predicted molar refractivity (Wildman–Crippen MR) is 136 cm³/mol. The van der Waals surface area contributed by atoms with E-state index >= 15 is 0 Å². The molecule has 8 nitrogen and oxygen atoms in total. The lowest BCUT2D eigenvalue weighted by molar-refractivity contribution is -0.116. The summed E-state index contributed by atoms with van der Waals surface area (Å²) in [6.45, 7) is 9.97. The molecule has 0 radical (unpaired) electrons. The fourth-order valence-electron chi connectivity index (χ4n) is 4.25. The number of amides is 1. The molecular formula is C25H37N5O3S. The van der Waals surface area contributed by atoms with Gasteiger partial charge in [0.25, 0.3) is 10.0 Å². The van der Waals surface area contributed by atoms with Crippen LogP contribution in [0.15, 0.2) is 33.6 Å². The number of nitrogens with one attached hydrogen (secondary N) is 1. The summed E-state index contributed by atoms with van der Waals surface area (Å²) in [5.74, 6) is 0.918. The number of nitrogens with zero attached hydrogens (tertiary/aromatic N) is 4. The zero-order valence-corrected chi connectivity index (χ0v) is 21.8. The van der Waals surface area contributed by atoms with E-state index in [0.717, 1.165) is 49.3 Å².